The third-order valence-corrected chi connectivity index (χ3v) is 3.80. The molecule has 20 heavy (non-hydrogen) atoms. The van der Waals surface area contributed by atoms with Crippen LogP contribution in [0.2, 0.25) is 10.0 Å². The molecular weight excluding hydrogens is 295 g/mol. The first kappa shape index (κ1) is 14.9. The molecule has 0 N–H and O–H groups in total. The van der Waals surface area contributed by atoms with E-state index in [9.17, 15) is 4.79 Å². The van der Waals surface area contributed by atoms with Gasteiger partial charge in [-0.3, -0.25) is 4.79 Å². The molecular formula is C16H14Cl2O2. The molecule has 0 aliphatic rings. The third-order valence-electron chi connectivity index (χ3n) is 3.16. The Bertz CT molecular complexity index is 678. The van der Waals surface area contributed by atoms with E-state index in [1.807, 2.05) is 13.8 Å². The largest absolute Gasteiger partial charge is 0.496 e. The first-order valence-corrected chi connectivity index (χ1v) is 6.84. The van der Waals surface area contributed by atoms with Crippen LogP contribution in [-0.4, -0.2) is 12.9 Å². The van der Waals surface area contributed by atoms with Crippen molar-refractivity contribution in [3.05, 3.63) is 62.6 Å². The van der Waals surface area contributed by atoms with Crippen LogP contribution in [-0.2, 0) is 0 Å². The summed E-state index contributed by atoms with van der Waals surface area (Å²) in [5.41, 5.74) is 2.81. The summed E-state index contributed by atoms with van der Waals surface area (Å²) in [5, 5.41) is 1.18. The summed E-state index contributed by atoms with van der Waals surface area (Å²) in [6.07, 6.45) is 0. The molecule has 0 atom stereocenters. The molecule has 0 aliphatic heterocycles. The first-order valence-electron chi connectivity index (χ1n) is 6.09. The van der Waals surface area contributed by atoms with Crippen LogP contribution >= 0.6 is 23.2 Å². The molecule has 0 bridgehead atoms. The average molecular weight is 309 g/mol. The Morgan fingerprint density at radius 3 is 2.35 bits per heavy atom. The van der Waals surface area contributed by atoms with Gasteiger partial charge in [0.25, 0.3) is 0 Å². The molecule has 0 amide bonds. The lowest BCUT2D eigenvalue weighted by molar-refractivity contribution is 0.103. The predicted octanol–water partition coefficient (Wildman–Crippen LogP) is 4.85. The highest BCUT2D eigenvalue weighted by atomic mass is 35.5. The van der Waals surface area contributed by atoms with Crippen LogP contribution in [0.5, 0.6) is 5.75 Å². The van der Waals surface area contributed by atoms with Crippen molar-refractivity contribution in [2.75, 3.05) is 7.11 Å². The van der Waals surface area contributed by atoms with Crippen molar-refractivity contribution >= 4 is 29.0 Å². The number of rotatable bonds is 3. The standard InChI is InChI=1S/C16H14Cl2O2/c1-9-7-14(18)10(2)6-13(9)16(19)12-5-4-11(17)8-15(12)20-3/h4-8H,1-3H3. The van der Waals surface area contributed by atoms with E-state index in [1.165, 1.54) is 7.11 Å². The van der Waals surface area contributed by atoms with E-state index in [4.69, 9.17) is 27.9 Å². The van der Waals surface area contributed by atoms with Crippen molar-refractivity contribution in [3.8, 4) is 5.75 Å². The maximum atomic E-state index is 12.7. The SMILES string of the molecule is COc1cc(Cl)ccc1C(=O)c1cc(C)c(Cl)cc1C. The predicted molar refractivity (Wildman–Crippen MR) is 82.4 cm³/mol. The second-order valence-electron chi connectivity index (χ2n) is 4.59. The fraction of sp³-hybridized carbons (Fsp3) is 0.188. The number of ether oxygens (including phenoxy) is 1. The molecule has 0 radical (unpaired) electrons. The molecule has 4 heteroatoms. The number of hydrogen-bond acceptors (Lipinski definition) is 2. The maximum absolute atomic E-state index is 12.7. The van der Waals surface area contributed by atoms with Crippen molar-refractivity contribution in [1.29, 1.82) is 0 Å². The zero-order valence-corrected chi connectivity index (χ0v) is 13.0. The molecule has 2 aromatic carbocycles. The van der Waals surface area contributed by atoms with E-state index in [1.54, 1.807) is 30.3 Å². The van der Waals surface area contributed by atoms with Crippen LogP contribution in [0.15, 0.2) is 30.3 Å². The third kappa shape index (κ3) is 2.82. The van der Waals surface area contributed by atoms with Crippen LogP contribution in [0.25, 0.3) is 0 Å². The van der Waals surface area contributed by atoms with Gasteiger partial charge in [0.2, 0.25) is 0 Å². The minimum absolute atomic E-state index is 0.101. The minimum Gasteiger partial charge on any atom is -0.496 e. The van der Waals surface area contributed by atoms with E-state index in [2.05, 4.69) is 0 Å². The summed E-state index contributed by atoms with van der Waals surface area (Å²) in [4.78, 5) is 12.7. The number of ketones is 1. The summed E-state index contributed by atoms with van der Waals surface area (Å²) in [5.74, 6) is 0.366. The number of methoxy groups -OCH3 is 1. The van der Waals surface area contributed by atoms with Gasteiger partial charge in [0.15, 0.2) is 5.78 Å². The molecule has 2 aromatic rings. The topological polar surface area (TPSA) is 26.3 Å². The highest BCUT2D eigenvalue weighted by molar-refractivity contribution is 6.32. The van der Waals surface area contributed by atoms with Crippen molar-refractivity contribution in [1.82, 2.24) is 0 Å². The van der Waals surface area contributed by atoms with Crippen LogP contribution in [0.1, 0.15) is 27.0 Å². The fourth-order valence-corrected chi connectivity index (χ4v) is 2.40. The molecule has 2 nitrogen and oxygen atoms in total. The first-order chi connectivity index (χ1) is 9.43. The van der Waals surface area contributed by atoms with E-state index in [-0.39, 0.29) is 5.78 Å². The summed E-state index contributed by atoms with van der Waals surface area (Å²) in [6.45, 7) is 3.73. The molecule has 0 fully saturated rings. The van der Waals surface area contributed by atoms with E-state index in [0.717, 1.165) is 11.1 Å². The number of aryl methyl sites for hydroxylation is 2. The number of carbonyl (C=O) groups is 1. The Labute approximate surface area is 128 Å². The lowest BCUT2D eigenvalue weighted by atomic mass is 9.96. The minimum atomic E-state index is -0.101. The summed E-state index contributed by atoms with van der Waals surface area (Å²) in [6, 6.07) is 8.58. The second kappa shape index (κ2) is 5.86. The Balaban J connectivity index is 2.54. The molecule has 0 saturated heterocycles. The molecule has 0 saturated carbocycles. The van der Waals surface area contributed by atoms with Gasteiger partial charge >= 0.3 is 0 Å². The molecule has 2 rings (SSSR count). The van der Waals surface area contributed by atoms with Crippen molar-refractivity contribution in [2.24, 2.45) is 0 Å². The van der Waals surface area contributed by atoms with Gasteiger partial charge in [-0.05, 0) is 55.3 Å². The van der Waals surface area contributed by atoms with E-state index in [0.29, 0.717) is 26.9 Å². The van der Waals surface area contributed by atoms with Gasteiger partial charge in [-0.25, -0.2) is 0 Å². The van der Waals surface area contributed by atoms with Gasteiger partial charge in [-0.2, -0.15) is 0 Å². The van der Waals surface area contributed by atoms with Crippen LogP contribution in [0.4, 0.5) is 0 Å². The Morgan fingerprint density at radius 2 is 1.70 bits per heavy atom. The number of halogens is 2. The summed E-state index contributed by atoms with van der Waals surface area (Å²) in [7, 11) is 1.52. The van der Waals surface area contributed by atoms with Gasteiger partial charge in [-0.1, -0.05) is 23.2 Å². The highest BCUT2D eigenvalue weighted by Crippen LogP contribution is 2.28. The molecule has 104 valence electrons. The number of benzene rings is 2. The lowest BCUT2D eigenvalue weighted by Crippen LogP contribution is -2.06. The monoisotopic (exact) mass is 308 g/mol. The molecule has 0 spiro atoms. The quantitative estimate of drug-likeness (QED) is 0.758. The zero-order valence-electron chi connectivity index (χ0n) is 11.5. The van der Waals surface area contributed by atoms with Gasteiger partial charge < -0.3 is 4.74 Å². The molecule has 0 aromatic heterocycles. The lowest BCUT2D eigenvalue weighted by Gasteiger charge is -2.11. The smallest absolute Gasteiger partial charge is 0.197 e. The van der Waals surface area contributed by atoms with Crippen LogP contribution in [0, 0.1) is 13.8 Å². The molecule has 0 heterocycles. The number of carbonyl (C=O) groups excluding carboxylic acids is 1. The van der Waals surface area contributed by atoms with Gasteiger partial charge in [0, 0.05) is 15.6 Å². The van der Waals surface area contributed by atoms with Crippen molar-refractivity contribution in [3.63, 3.8) is 0 Å². The fourth-order valence-electron chi connectivity index (χ4n) is 2.02. The summed E-state index contributed by atoms with van der Waals surface area (Å²) >= 11 is 12.0. The van der Waals surface area contributed by atoms with Crippen LogP contribution < -0.4 is 4.74 Å². The van der Waals surface area contributed by atoms with Crippen molar-refractivity contribution < 1.29 is 9.53 Å². The van der Waals surface area contributed by atoms with Crippen molar-refractivity contribution in [2.45, 2.75) is 13.8 Å². The van der Waals surface area contributed by atoms with Gasteiger partial charge in [0.1, 0.15) is 5.75 Å². The normalized spacial score (nSPS) is 10.4. The second-order valence-corrected chi connectivity index (χ2v) is 5.43. The Hall–Kier alpha value is -1.51. The number of hydrogen-bond donors (Lipinski definition) is 0. The van der Waals surface area contributed by atoms with Gasteiger partial charge in [0.05, 0.1) is 12.7 Å². The van der Waals surface area contributed by atoms with E-state index >= 15 is 0 Å². The Kier molecular flexibility index (Phi) is 4.36. The van der Waals surface area contributed by atoms with E-state index < -0.39 is 0 Å². The Morgan fingerprint density at radius 1 is 1.00 bits per heavy atom. The highest BCUT2D eigenvalue weighted by Gasteiger charge is 2.17. The molecule has 0 unspecified atom stereocenters. The maximum Gasteiger partial charge on any atom is 0.197 e. The van der Waals surface area contributed by atoms with Crippen LogP contribution in [0.3, 0.4) is 0 Å². The summed E-state index contributed by atoms with van der Waals surface area (Å²) < 4.78 is 5.23. The van der Waals surface area contributed by atoms with Gasteiger partial charge in [-0.15, -0.1) is 0 Å². The average Bonchev–Trinajstić information content (AvgIpc) is 2.42. The zero-order chi connectivity index (χ0) is 14.9. The molecule has 0 aliphatic carbocycles.